The van der Waals surface area contributed by atoms with E-state index < -0.39 is 0 Å². The molecule has 3 nitrogen and oxygen atoms in total. The molecule has 0 radical (unpaired) electrons. The molecule has 1 aromatic heterocycles. The number of esters is 1. The van der Waals surface area contributed by atoms with Gasteiger partial charge in [0, 0.05) is 12.3 Å². The number of carbonyl (C=O) groups excluding carboxylic acids is 1. The highest BCUT2D eigenvalue weighted by Gasteiger charge is 2.31. The number of para-hydroxylation sites is 1. The van der Waals surface area contributed by atoms with Gasteiger partial charge in [0.2, 0.25) is 0 Å². The van der Waals surface area contributed by atoms with Gasteiger partial charge >= 0.3 is 5.97 Å². The van der Waals surface area contributed by atoms with Crippen molar-refractivity contribution in [3.63, 3.8) is 0 Å². The van der Waals surface area contributed by atoms with E-state index in [1.165, 1.54) is 12.5 Å². The van der Waals surface area contributed by atoms with Gasteiger partial charge in [-0.05, 0) is 30.5 Å². The van der Waals surface area contributed by atoms with Crippen LogP contribution < -0.4 is 0 Å². The lowest BCUT2D eigenvalue weighted by Crippen LogP contribution is -2.26. The summed E-state index contributed by atoms with van der Waals surface area (Å²) in [6.07, 6.45) is 1.62. The summed E-state index contributed by atoms with van der Waals surface area (Å²) in [5.41, 5.74) is 3.02. The Hall–Kier alpha value is -1.42. The summed E-state index contributed by atoms with van der Waals surface area (Å²) < 4.78 is 5.43. The fourth-order valence-corrected chi connectivity index (χ4v) is 3.13. The second kappa shape index (κ2) is 4.93. The Balaban J connectivity index is 2.12. The molecule has 0 unspecified atom stereocenters. The van der Waals surface area contributed by atoms with E-state index in [9.17, 15) is 4.79 Å². The molecule has 1 heterocycles. The summed E-state index contributed by atoms with van der Waals surface area (Å²) in [6.45, 7) is 1.44. The van der Waals surface area contributed by atoms with E-state index in [4.69, 9.17) is 9.72 Å². The Morgan fingerprint density at radius 3 is 3.00 bits per heavy atom. The minimum atomic E-state index is -0.286. The van der Waals surface area contributed by atoms with Gasteiger partial charge in [0.25, 0.3) is 0 Å². The molecule has 4 heteroatoms. The lowest BCUT2D eigenvalue weighted by atomic mass is 9.92. The quantitative estimate of drug-likeness (QED) is 0.596. The molecule has 1 aliphatic rings. The van der Waals surface area contributed by atoms with Crippen LogP contribution >= 0.6 is 15.9 Å². The molecule has 2 aromatic rings. The van der Waals surface area contributed by atoms with Crippen molar-refractivity contribution in [2.75, 3.05) is 0 Å². The average molecular weight is 320 g/mol. The number of halogens is 1. The summed E-state index contributed by atoms with van der Waals surface area (Å²) in [5.74, 6) is -0.266. The fraction of sp³-hybridized carbons (Fsp3) is 0.333. The van der Waals surface area contributed by atoms with Crippen LogP contribution in [0.1, 0.15) is 30.7 Å². The molecule has 1 aliphatic carbocycles. The third-order valence-electron chi connectivity index (χ3n) is 3.42. The molecular weight excluding hydrogens is 306 g/mol. The van der Waals surface area contributed by atoms with Gasteiger partial charge in [0.05, 0.1) is 16.0 Å². The van der Waals surface area contributed by atoms with Gasteiger partial charge in [-0.25, -0.2) is 4.98 Å². The lowest BCUT2D eigenvalue weighted by molar-refractivity contribution is -0.147. The number of aryl methyl sites for hydroxylation is 1. The Labute approximate surface area is 120 Å². The number of ether oxygens (including phenoxy) is 1. The molecule has 1 aromatic carbocycles. The van der Waals surface area contributed by atoms with E-state index in [2.05, 4.69) is 28.1 Å². The normalized spacial score (nSPS) is 22.0. The van der Waals surface area contributed by atoms with E-state index in [0.29, 0.717) is 0 Å². The van der Waals surface area contributed by atoms with E-state index in [-0.39, 0.29) is 16.9 Å². The number of fused-ring (bicyclic) bond motifs is 2. The van der Waals surface area contributed by atoms with Crippen LogP contribution in [0.15, 0.2) is 30.3 Å². The summed E-state index contributed by atoms with van der Waals surface area (Å²) in [6, 6.07) is 10.2. The second-order valence-electron chi connectivity index (χ2n) is 4.81. The molecule has 0 saturated heterocycles. The van der Waals surface area contributed by atoms with Gasteiger partial charge in [-0.1, -0.05) is 34.1 Å². The molecule has 0 amide bonds. The minimum absolute atomic E-state index is 0.137. The third kappa shape index (κ3) is 2.37. The Bertz CT molecular complexity index is 641. The molecule has 19 heavy (non-hydrogen) atoms. The van der Waals surface area contributed by atoms with Crippen molar-refractivity contribution in [3.8, 4) is 0 Å². The maximum absolute atomic E-state index is 11.3. The smallest absolute Gasteiger partial charge is 0.303 e. The molecule has 0 spiro atoms. The van der Waals surface area contributed by atoms with Gasteiger partial charge < -0.3 is 4.74 Å². The van der Waals surface area contributed by atoms with Crippen molar-refractivity contribution in [2.24, 2.45) is 0 Å². The molecule has 98 valence electrons. The van der Waals surface area contributed by atoms with Crippen molar-refractivity contribution in [2.45, 2.75) is 30.7 Å². The summed E-state index contributed by atoms with van der Waals surface area (Å²) in [7, 11) is 0. The zero-order valence-electron chi connectivity index (χ0n) is 10.6. The van der Waals surface area contributed by atoms with Gasteiger partial charge in [-0.3, -0.25) is 4.79 Å². The van der Waals surface area contributed by atoms with Crippen LogP contribution in [0.4, 0.5) is 0 Å². The van der Waals surface area contributed by atoms with Gasteiger partial charge in [-0.2, -0.15) is 0 Å². The molecule has 0 saturated carbocycles. The lowest BCUT2D eigenvalue weighted by Gasteiger charge is -2.28. The van der Waals surface area contributed by atoms with Crippen LogP contribution in [-0.2, 0) is 16.0 Å². The minimum Gasteiger partial charge on any atom is -0.455 e. The number of rotatable bonds is 1. The van der Waals surface area contributed by atoms with Crippen molar-refractivity contribution < 1.29 is 9.53 Å². The Kier molecular flexibility index (Phi) is 3.27. The number of carbonyl (C=O) groups is 1. The molecular formula is C15H14BrNO2. The Morgan fingerprint density at radius 2 is 2.21 bits per heavy atom. The van der Waals surface area contributed by atoms with Gasteiger partial charge in [0.15, 0.2) is 6.10 Å². The van der Waals surface area contributed by atoms with Crippen LogP contribution in [0.3, 0.4) is 0 Å². The third-order valence-corrected chi connectivity index (χ3v) is 4.35. The molecule has 0 aliphatic heterocycles. The van der Waals surface area contributed by atoms with Crippen molar-refractivity contribution in [1.29, 1.82) is 0 Å². The number of aromatic nitrogens is 1. The topological polar surface area (TPSA) is 39.2 Å². The molecule has 0 bridgehead atoms. The average Bonchev–Trinajstić information content (AvgIpc) is 2.40. The largest absolute Gasteiger partial charge is 0.455 e. The number of benzene rings is 1. The Morgan fingerprint density at radius 1 is 1.42 bits per heavy atom. The summed E-state index contributed by atoms with van der Waals surface area (Å²) in [5, 5.41) is 1.14. The van der Waals surface area contributed by atoms with E-state index in [0.717, 1.165) is 29.4 Å². The molecule has 3 rings (SSSR count). The number of pyridine rings is 1. The maximum Gasteiger partial charge on any atom is 0.303 e. The SMILES string of the molecule is CC(=O)O[C@H]1c2nc3ccccc3cc2CC[C@@H]1Br. The maximum atomic E-state index is 11.3. The van der Waals surface area contributed by atoms with Gasteiger partial charge in [0.1, 0.15) is 0 Å². The fourth-order valence-electron chi connectivity index (χ4n) is 2.55. The van der Waals surface area contributed by atoms with Crippen LogP contribution in [-0.4, -0.2) is 15.8 Å². The predicted molar refractivity (Wildman–Crippen MR) is 77.3 cm³/mol. The van der Waals surface area contributed by atoms with Crippen LogP contribution in [0, 0.1) is 0 Å². The standard InChI is InChI=1S/C15H14BrNO2/c1-9(18)19-15-12(16)7-6-11-8-10-4-2-3-5-13(10)17-14(11)15/h2-5,8,12,15H,6-7H2,1H3/t12-,15+/m0/s1. The number of hydrogen-bond acceptors (Lipinski definition) is 3. The first-order valence-electron chi connectivity index (χ1n) is 6.35. The molecule has 0 fully saturated rings. The van der Waals surface area contributed by atoms with Crippen LogP contribution in [0.5, 0.6) is 0 Å². The highest BCUT2D eigenvalue weighted by Crippen LogP contribution is 2.37. The first-order chi connectivity index (χ1) is 9.15. The van der Waals surface area contributed by atoms with Crippen molar-refractivity contribution in [3.05, 3.63) is 41.6 Å². The highest BCUT2D eigenvalue weighted by molar-refractivity contribution is 9.09. The van der Waals surface area contributed by atoms with E-state index in [1.54, 1.807) is 0 Å². The molecule has 2 atom stereocenters. The van der Waals surface area contributed by atoms with E-state index in [1.807, 2.05) is 18.2 Å². The van der Waals surface area contributed by atoms with Crippen molar-refractivity contribution in [1.82, 2.24) is 4.98 Å². The van der Waals surface area contributed by atoms with Crippen LogP contribution in [0.2, 0.25) is 0 Å². The van der Waals surface area contributed by atoms with Crippen molar-refractivity contribution >= 4 is 32.8 Å². The second-order valence-corrected chi connectivity index (χ2v) is 5.99. The first-order valence-corrected chi connectivity index (χ1v) is 7.26. The summed E-state index contributed by atoms with van der Waals surface area (Å²) >= 11 is 3.60. The number of nitrogens with zero attached hydrogens (tertiary/aromatic N) is 1. The number of alkyl halides is 1. The number of hydrogen-bond donors (Lipinski definition) is 0. The monoisotopic (exact) mass is 319 g/mol. The summed E-state index contributed by atoms with van der Waals surface area (Å²) in [4.78, 5) is 16.1. The first kappa shape index (κ1) is 12.6. The van der Waals surface area contributed by atoms with E-state index >= 15 is 0 Å². The predicted octanol–water partition coefficient (Wildman–Crippen LogP) is 3.55. The highest BCUT2D eigenvalue weighted by atomic mass is 79.9. The van der Waals surface area contributed by atoms with Crippen LogP contribution in [0.25, 0.3) is 10.9 Å². The zero-order chi connectivity index (χ0) is 13.4. The zero-order valence-corrected chi connectivity index (χ0v) is 12.2. The van der Waals surface area contributed by atoms with Gasteiger partial charge in [-0.15, -0.1) is 0 Å². The molecule has 0 N–H and O–H groups in total.